The second-order valence-corrected chi connectivity index (χ2v) is 3.80. The Morgan fingerprint density at radius 3 is 2.93 bits per heavy atom. The van der Waals surface area contributed by atoms with Crippen LogP contribution >= 0.6 is 23.8 Å². The summed E-state index contributed by atoms with van der Waals surface area (Å²) in [6, 6.07) is 5.38. The van der Waals surface area contributed by atoms with E-state index in [1.807, 2.05) is 19.1 Å². The topological polar surface area (TPSA) is 47.3 Å². The van der Waals surface area contributed by atoms with E-state index < -0.39 is 0 Å². The molecule has 1 rings (SSSR count). The third-order valence-electron chi connectivity index (χ3n) is 1.68. The van der Waals surface area contributed by atoms with Gasteiger partial charge in [0, 0.05) is 0 Å². The average Bonchev–Trinajstić information content (AvgIpc) is 2.16. The molecule has 0 heterocycles. The summed E-state index contributed by atoms with van der Waals surface area (Å²) < 4.78 is 5.51. The van der Waals surface area contributed by atoms with Crippen molar-refractivity contribution >= 4 is 34.6 Å². The van der Waals surface area contributed by atoms with E-state index in [4.69, 9.17) is 34.3 Å². The number of para-hydroxylation sites is 1. The average molecular weight is 245 g/mol. The molecule has 0 atom stereocenters. The van der Waals surface area contributed by atoms with E-state index in [1.165, 1.54) is 0 Å². The third-order valence-corrected chi connectivity index (χ3v) is 2.08. The molecule has 0 aliphatic rings. The number of ether oxygens (including phenoxy) is 1. The molecular weight excluding hydrogens is 232 g/mol. The summed E-state index contributed by atoms with van der Waals surface area (Å²) in [6.45, 7) is 2.63. The minimum atomic E-state index is 0.193. The Hall–Kier alpha value is -1.00. The molecule has 1 aromatic carbocycles. The molecule has 0 aliphatic heterocycles. The van der Waals surface area contributed by atoms with Crippen LogP contribution in [0.4, 0.5) is 5.69 Å². The van der Waals surface area contributed by atoms with Gasteiger partial charge >= 0.3 is 0 Å². The van der Waals surface area contributed by atoms with Crippen LogP contribution in [-0.2, 0) is 0 Å². The number of hydrogen-bond acceptors (Lipinski definition) is 2. The zero-order valence-electron chi connectivity index (χ0n) is 8.42. The number of nitrogens with one attached hydrogen (secondary N) is 1. The van der Waals surface area contributed by atoms with E-state index in [2.05, 4.69) is 5.32 Å². The highest BCUT2D eigenvalue weighted by atomic mass is 35.5. The lowest BCUT2D eigenvalue weighted by Crippen LogP contribution is -2.19. The van der Waals surface area contributed by atoms with Crippen molar-refractivity contribution in [2.45, 2.75) is 13.3 Å². The van der Waals surface area contributed by atoms with Crippen molar-refractivity contribution in [3.05, 3.63) is 23.2 Å². The van der Waals surface area contributed by atoms with Gasteiger partial charge in [-0.1, -0.05) is 24.6 Å². The molecule has 0 spiro atoms. The molecule has 0 saturated carbocycles. The van der Waals surface area contributed by atoms with Gasteiger partial charge in [0.2, 0.25) is 0 Å². The first-order chi connectivity index (χ1) is 7.15. The molecular formula is C10H13ClN2OS. The summed E-state index contributed by atoms with van der Waals surface area (Å²) >= 11 is 10.8. The van der Waals surface area contributed by atoms with Gasteiger partial charge in [0.1, 0.15) is 0 Å². The Balaban J connectivity index is 2.92. The standard InChI is InChI=1S/C10H13ClN2OS/c1-2-6-14-9-7(11)4-3-5-8(9)13-10(12)15/h3-5H,2,6H2,1H3,(H3,12,13,15). The highest BCUT2D eigenvalue weighted by Crippen LogP contribution is 2.32. The lowest BCUT2D eigenvalue weighted by Gasteiger charge is -2.13. The van der Waals surface area contributed by atoms with Crippen molar-refractivity contribution in [2.75, 3.05) is 11.9 Å². The van der Waals surface area contributed by atoms with Crippen molar-refractivity contribution in [3.8, 4) is 5.75 Å². The maximum atomic E-state index is 6.00. The lowest BCUT2D eigenvalue weighted by molar-refractivity contribution is 0.319. The highest BCUT2D eigenvalue weighted by molar-refractivity contribution is 7.80. The Bertz CT molecular complexity index is 357. The molecule has 0 unspecified atom stereocenters. The first-order valence-electron chi connectivity index (χ1n) is 4.63. The molecule has 0 saturated heterocycles. The van der Waals surface area contributed by atoms with Gasteiger partial charge < -0.3 is 15.8 Å². The SMILES string of the molecule is CCCOc1c(Cl)cccc1NC(N)=S. The monoisotopic (exact) mass is 244 g/mol. The summed E-state index contributed by atoms with van der Waals surface area (Å²) in [5, 5.41) is 3.56. The zero-order chi connectivity index (χ0) is 11.3. The smallest absolute Gasteiger partial charge is 0.168 e. The van der Waals surface area contributed by atoms with Crippen molar-refractivity contribution in [1.29, 1.82) is 0 Å². The molecule has 0 aliphatic carbocycles. The van der Waals surface area contributed by atoms with E-state index in [1.54, 1.807) is 6.07 Å². The van der Waals surface area contributed by atoms with Crippen molar-refractivity contribution in [2.24, 2.45) is 5.73 Å². The van der Waals surface area contributed by atoms with Crippen LogP contribution in [0.15, 0.2) is 18.2 Å². The van der Waals surface area contributed by atoms with Crippen LogP contribution in [0.1, 0.15) is 13.3 Å². The van der Waals surface area contributed by atoms with Gasteiger partial charge in [0.05, 0.1) is 17.3 Å². The molecule has 3 nitrogen and oxygen atoms in total. The fourth-order valence-electron chi connectivity index (χ4n) is 1.09. The van der Waals surface area contributed by atoms with Crippen LogP contribution in [-0.4, -0.2) is 11.7 Å². The number of nitrogens with two attached hydrogens (primary N) is 1. The predicted octanol–water partition coefficient (Wildman–Crippen LogP) is 2.78. The minimum Gasteiger partial charge on any atom is -0.490 e. The Morgan fingerprint density at radius 1 is 1.60 bits per heavy atom. The Kier molecular flexibility index (Phi) is 4.65. The molecule has 5 heteroatoms. The summed E-state index contributed by atoms with van der Waals surface area (Å²) in [5.74, 6) is 0.591. The summed E-state index contributed by atoms with van der Waals surface area (Å²) in [7, 11) is 0. The van der Waals surface area contributed by atoms with Crippen molar-refractivity contribution in [1.82, 2.24) is 0 Å². The quantitative estimate of drug-likeness (QED) is 0.800. The molecule has 0 bridgehead atoms. The predicted molar refractivity (Wildman–Crippen MR) is 67.6 cm³/mol. The van der Waals surface area contributed by atoms with E-state index in [9.17, 15) is 0 Å². The van der Waals surface area contributed by atoms with Gasteiger partial charge in [0.15, 0.2) is 10.9 Å². The molecule has 0 radical (unpaired) electrons. The van der Waals surface area contributed by atoms with Crippen molar-refractivity contribution < 1.29 is 4.74 Å². The molecule has 82 valence electrons. The number of benzene rings is 1. The molecule has 0 fully saturated rings. The van der Waals surface area contributed by atoms with Crippen LogP contribution in [0.5, 0.6) is 5.75 Å². The van der Waals surface area contributed by atoms with Gasteiger partial charge in [-0.15, -0.1) is 0 Å². The number of halogens is 1. The molecule has 0 amide bonds. The maximum Gasteiger partial charge on any atom is 0.168 e. The maximum absolute atomic E-state index is 6.00. The number of thiocarbonyl (C=S) groups is 1. The first kappa shape index (κ1) is 12.1. The number of anilines is 1. The fraction of sp³-hybridized carbons (Fsp3) is 0.300. The van der Waals surface area contributed by atoms with Gasteiger partial charge in [-0.3, -0.25) is 0 Å². The van der Waals surface area contributed by atoms with Gasteiger partial charge in [0.25, 0.3) is 0 Å². The fourth-order valence-corrected chi connectivity index (χ4v) is 1.43. The number of rotatable bonds is 4. The summed E-state index contributed by atoms with van der Waals surface area (Å²) in [4.78, 5) is 0. The summed E-state index contributed by atoms with van der Waals surface area (Å²) in [5.41, 5.74) is 6.09. The van der Waals surface area contributed by atoms with Crippen molar-refractivity contribution in [3.63, 3.8) is 0 Å². The third kappa shape index (κ3) is 3.57. The molecule has 1 aromatic rings. The highest BCUT2D eigenvalue weighted by Gasteiger charge is 2.08. The Morgan fingerprint density at radius 2 is 2.33 bits per heavy atom. The zero-order valence-corrected chi connectivity index (χ0v) is 9.99. The van der Waals surface area contributed by atoms with E-state index in [0.29, 0.717) is 23.1 Å². The van der Waals surface area contributed by atoms with Gasteiger partial charge in [-0.2, -0.15) is 0 Å². The first-order valence-corrected chi connectivity index (χ1v) is 5.41. The van der Waals surface area contributed by atoms with Gasteiger partial charge in [-0.25, -0.2) is 0 Å². The van der Waals surface area contributed by atoms with E-state index in [-0.39, 0.29) is 5.11 Å². The Labute approximate surface area is 99.6 Å². The van der Waals surface area contributed by atoms with E-state index >= 15 is 0 Å². The van der Waals surface area contributed by atoms with Gasteiger partial charge in [-0.05, 0) is 30.8 Å². The van der Waals surface area contributed by atoms with Crippen LogP contribution in [0.2, 0.25) is 5.02 Å². The summed E-state index contributed by atoms with van der Waals surface area (Å²) in [6.07, 6.45) is 0.914. The van der Waals surface area contributed by atoms with Crippen LogP contribution < -0.4 is 15.8 Å². The lowest BCUT2D eigenvalue weighted by atomic mass is 10.3. The molecule has 0 aromatic heterocycles. The van der Waals surface area contributed by atoms with Crippen LogP contribution in [0.3, 0.4) is 0 Å². The second kappa shape index (κ2) is 5.78. The minimum absolute atomic E-state index is 0.193. The molecule has 15 heavy (non-hydrogen) atoms. The second-order valence-electron chi connectivity index (χ2n) is 2.95. The van der Waals surface area contributed by atoms with Crippen LogP contribution in [0, 0.1) is 0 Å². The van der Waals surface area contributed by atoms with Crippen LogP contribution in [0.25, 0.3) is 0 Å². The largest absolute Gasteiger partial charge is 0.490 e. The van der Waals surface area contributed by atoms with E-state index in [0.717, 1.165) is 6.42 Å². The number of hydrogen-bond donors (Lipinski definition) is 2. The normalized spacial score (nSPS) is 9.73. The molecule has 3 N–H and O–H groups in total.